The Balaban J connectivity index is 2.40. The summed E-state index contributed by atoms with van der Waals surface area (Å²) < 4.78 is 7.04. The highest BCUT2D eigenvalue weighted by Gasteiger charge is 2.21. The molecule has 1 aliphatic rings. The highest BCUT2D eigenvalue weighted by molar-refractivity contribution is 5.84. The lowest BCUT2D eigenvalue weighted by Gasteiger charge is -2.22. The lowest BCUT2D eigenvalue weighted by molar-refractivity contribution is 0.0596. The molecule has 1 fully saturated rings. The van der Waals surface area contributed by atoms with Crippen molar-refractivity contribution in [2.75, 3.05) is 13.2 Å². The van der Waals surface area contributed by atoms with Crippen molar-refractivity contribution in [3.05, 3.63) is 26.5 Å². The van der Waals surface area contributed by atoms with Crippen LogP contribution in [0.5, 0.6) is 0 Å². The number of carbonyl (C=O) groups is 1. The third kappa shape index (κ3) is 2.73. The van der Waals surface area contributed by atoms with Gasteiger partial charge in [-0.3, -0.25) is 9.36 Å². The van der Waals surface area contributed by atoms with E-state index in [0.717, 1.165) is 22.1 Å². The first kappa shape index (κ1) is 13.5. The van der Waals surface area contributed by atoms with E-state index in [4.69, 9.17) is 9.84 Å². The van der Waals surface area contributed by atoms with E-state index in [2.05, 4.69) is 5.10 Å². The van der Waals surface area contributed by atoms with Gasteiger partial charge in [0, 0.05) is 26.8 Å². The first-order valence-corrected chi connectivity index (χ1v) is 6.00. The quantitative estimate of drug-likeness (QED) is 0.760. The average Bonchev–Trinajstić information content (AvgIpc) is 2.40. The first-order chi connectivity index (χ1) is 9.00. The van der Waals surface area contributed by atoms with Crippen LogP contribution in [0.2, 0.25) is 0 Å². The molecule has 8 heteroatoms. The van der Waals surface area contributed by atoms with Crippen LogP contribution in [0.25, 0.3) is 0 Å². The Morgan fingerprint density at radius 3 is 2.63 bits per heavy atom. The van der Waals surface area contributed by atoms with E-state index in [1.807, 2.05) is 0 Å². The van der Waals surface area contributed by atoms with Gasteiger partial charge in [0.2, 0.25) is 5.69 Å². The molecular weight excluding hydrogens is 254 g/mol. The van der Waals surface area contributed by atoms with Gasteiger partial charge < -0.3 is 9.84 Å². The number of aromatic carboxylic acids is 1. The molecule has 1 aromatic heterocycles. The smallest absolute Gasteiger partial charge is 0.362 e. The molecule has 0 atom stereocenters. The molecule has 8 nitrogen and oxygen atoms in total. The highest BCUT2D eigenvalue weighted by atomic mass is 16.5. The third-order valence-electron chi connectivity index (χ3n) is 3.19. The molecule has 0 radical (unpaired) electrons. The van der Waals surface area contributed by atoms with Gasteiger partial charge in [-0.1, -0.05) is 0 Å². The molecule has 0 aliphatic carbocycles. The number of aryl methyl sites for hydroxylation is 1. The third-order valence-corrected chi connectivity index (χ3v) is 3.19. The number of carboxylic acid groups (broad SMARTS) is 1. The molecule has 1 N–H and O–H groups in total. The highest BCUT2D eigenvalue weighted by Crippen LogP contribution is 2.15. The monoisotopic (exact) mass is 269 g/mol. The van der Waals surface area contributed by atoms with E-state index in [0.29, 0.717) is 13.2 Å². The van der Waals surface area contributed by atoms with Crippen LogP contribution in [0.1, 0.15) is 23.3 Å². The predicted molar refractivity (Wildman–Crippen MR) is 64.2 cm³/mol. The molecule has 0 bridgehead atoms. The van der Waals surface area contributed by atoms with Crippen molar-refractivity contribution in [2.24, 2.45) is 13.0 Å². The summed E-state index contributed by atoms with van der Waals surface area (Å²) in [5, 5.41) is 12.4. The Labute approximate surface area is 108 Å². The molecule has 2 heterocycles. The average molecular weight is 269 g/mol. The van der Waals surface area contributed by atoms with Gasteiger partial charge in [-0.05, 0) is 18.8 Å². The Morgan fingerprint density at radius 1 is 1.42 bits per heavy atom. The van der Waals surface area contributed by atoms with Crippen LogP contribution < -0.4 is 11.2 Å². The van der Waals surface area contributed by atoms with Crippen LogP contribution in [0, 0.1) is 5.92 Å². The summed E-state index contributed by atoms with van der Waals surface area (Å²) in [5.41, 5.74) is -2.07. The predicted octanol–water partition coefficient (Wildman–Crippen LogP) is -0.933. The zero-order chi connectivity index (χ0) is 14.0. The van der Waals surface area contributed by atoms with Crippen molar-refractivity contribution < 1.29 is 14.6 Å². The van der Waals surface area contributed by atoms with Gasteiger partial charge in [-0.25, -0.2) is 14.3 Å². The van der Waals surface area contributed by atoms with E-state index < -0.39 is 22.9 Å². The molecule has 1 aromatic rings. The normalized spacial score (nSPS) is 16.5. The van der Waals surface area contributed by atoms with E-state index in [-0.39, 0.29) is 12.5 Å². The van der Waals surface area contributed by atoms with Crippen molar-refractivity contribution >= 4 is 5.97 Å². The Morgan fingerprint density at radius 2 is 2.05 bits per heavy atom. The molecule has 0 spiro atoms. The van der Waals surface area contributed by atoms with Gasteiger partial charge in [0.25, 0.3) is 5.56 Å². The fourth-order valence-electron chi connectivity index (χ4n) is 2.11. The van der Waals surface area contributed by atoms with Crippen LogP contribution in [-0.2, 0) is 18.3 Å². The number of aromatic nitrogens is 3. The van der Waals surface area contributed by atoms with Crippen LogP contribution >= 0.6 is 0 Å². The summed E-state index contributed by atoms with van der Waals surface area (Å²) in [6.45, 7) is 1.39. The minimum Gasteiger partial charge on any atom is -0.476 e. The van der Waals surface area contributed by atoms with Crippen molar-refractivity contribution in [2.45, 2.75) is 19.4 Å². The van der Waals surface area contributed by atoms with Gasteiger partial charge in [0.05, 0.1) is 0 Å². The summed E-state index contributed by atoms with van der Waals surface area (Å²) in [6.07, 6.45) is 1.50. The fraction of sp³-hybridized carbons (Fsp3) is 0.636. The Hall–Kier alpha value is -1.96. The minimum absolute atomic E-state index is 0.142. The zero-order valence-corrected chi connectivity index (χ0v) is 10.5. The largest absolute Gasteiger partial charge is 0.476 e. The topological polar surface area (TPSA) is 103 Å². The molecule has 0 unspecified atom stereocenters. The minimum atomic E-state index is -1.43. The maximum Gasteiger partial charge on any atom is 0.362 e. The van der Waals surface area contributed by atoms with E-state index >= 15 is 0 Å². The molecule has 1 saturated heterocycles. The second-order valence-corrected chi connectivity index (χ2v) is 4.53. The molecule has 0 saturated carbocycles. The Bertz CT molecular complexity index is 597. The second-order valence-electron chi connectivity index (χ2n) is 4.53. The van der Waals surface area contributed by atoms with Crippen molar-refractivity contribution in [1.29, 1.82) is 0 Å². The Kier molecular flexibility index (Phi) is 3.79. The fourth-order valence-corrected chi connectivity index (χ4v) is 2.11. The SMILES string of the molecule is Cn1nc(C(=O)O)c(=O)n(CC2CCOCC2)c1=O. The summed E-state index contributed by atoms with van der Waals surface area (Å²) in [7, 11) is 1.33. The molecule has 0 amide bonds. The van der Waals surface area contributed by atoms with Crippen LogP contribution in [0.4, 0.5) is 0 Å². The molecule has 1 aliphatic heterocycles. The molecule has 104 valence electrons. The second kappa shape index (κ2) is 5.35. The number of hydrogen-bond acceptors (Lipinski definition) is 5. The number of hydrogen-bond donors (Lipinski definition) is 1. The van der Waals surface area contributed by atoms with Crippen molar-refractivity contribution in [1.82, 2.24) is 14.3 Å². The van der Waals surface area contributed by atoms with Gasteiger partial charge >= 0.3 is 11.7 Å². The van der Waals surface area contributed by atoms with Gasteiger partial charge in [0.1, 0.15) is 0 Å². The van der Waals surface area contributed by atoms with Gasteiger partial charge in [-0.2, -0.15) is 5.10 Å². The first-order valence-electron chi connectivity index (χ1n) is 6.00. The van der Waals surface area contributed by atoms with E-state index in [1.54, 1.807) is 0 Å². The van der Waals surface area contributed by atoms with Crippen LogP contribution in [0.15, 0.2) is 9.59 Å². The number of ether oxygens (including phenoxy) is 1. The molecule has 2 rings (SSSR count). The maximum absolute atomic E-state index is 11.9. The molecular formula is C11H15N3O5. The molecule has 19 heavy (non-hydrogen) atoms. The maximum atomic E-state index is 11.9. The van der Waals surface area contributed by atoms with Crippen LogP contribution in [0.3, 0.4) is 0 Å². The van der Waals surface area contributed by atoms with Crippen molar-refractivity contribution in [3.8, 4) is 0 Å². The summed E-state index contributed by atoms with van der Waals surface area (Å²) in [5.74, 6) is -1.29. The lowest BCUT2D eigenvalue weighted by atomic mass is 10.0. The summed E-state index contributed by atoms with van der Waals surface area (Å²) in [4.78, 5) is 34.7. The zero-order valence-electron chi connectivity index (χ0n) is 10.5. The lowest BCUT2D eigenvalue weighted by Crippen LogP contribution is -2.45. The number of rotatable bonds is 3. The summed E-state index contributed by atoms with van der Waals surface area (Å²) in [6, 6.07) is 0. The van der Waals surface area contributed by atoms with Gasteiger partial charge in [0.15, 0.2) is 0 Å². The number of nitrogens with zero attached hydrogens (tertiary/aromatic N) is 3. The number of carboxylic acids is 1. The van der Waals surface area contributed by atoms with Crippen LogP contribution in [-0.4, -0.2) is 38.6 Å². The standard InChI is InChI=1S/C11H15N3O5/c1-13-11(18)14(6-7-2-4-19-5-3-7)9(15)8(12-13)10(16)17/h7H,2-6H2,1H3,(H,16,17). The molecule has 0 aromatic carbocycles. The summed E-state index contributed by atoms with van der Waals surface area (Å²) >= 11 is 0. The van der Waals surface area contributed by atoms with Crippen molar-refractivity contribution in [3.63, 3.8) is 0 Å². The van der Waals surface area contributed by atoms with Gasteiger partial charge in [-0.15, -0.1) is 0 Å². The van der Waals surface area contributed by atoms with E-state index in [1.165, 1.54) is 7.05 Å². The van der Waals surface area contributed by atoms with E-state index in [9.17, 15) is 14.4 Å².